The quantitative estimate of drug-likeness (QED) is 0.872. The molecule has 18 heavy (non-hydrogen) atoms. The third-order valence-corrected chi connectivity index (χ3v) is 2.85. The maximum Gasteiger partial charge on any atom is 0.0935 e. The molecule has 2 aromatic rings. The van der Waals surface area contributed by atoms with Gasteiger partial charge in [-0.05, 0) is 26.8 Å². The molecule has 0 spiro atoms. The number of benzene rings is 1. The average Bonchev–Trinajstić information content (AvgIpc) is 2.34. The molecule has 0 aliphatic rings. The predicted octanol–water partition coefficient (Wildman–Crippen LogP) is 2.66. The van der Waals surface area contributed by atoms with Gasteiger partial charge in [0.15, 0.2) is 0 Å². The van der Waals surface area contributed by atoms with E-state index in [1.165, 1.54) is 0 Å². The molecule has 1 aromatic carbocycles. The monoisotopic (exact) mass is 244 g/mol. The van der Waals surface area contributed by atoms with Gasteiger partial charge in [0.1, 0.15) is 0 Å². The largest absolute Gasteiger partial charge is 0.387 e. The lowest BCUT2D eigenvalue weighted by atomic mass is 10.0. The second kappa shape index (κ2) is 5.04. The van der Waals surface area contributed by atoms with Crippen LogP contribution in [0.15, 0.2) is 36.5 Å². The molecule has 0 amide bonds. The van der Waals surface area contributed by atoms with Crippen LogP contribution >= 0.6 is 0 Å². The predicted molar refractivity (Wildman–Crippen MR) is 74.5 cm³/mol. The normalized spacial score (nSPS) is 13.8. The molecular weight excluding hydrogens is 224 g/mol. The fraction of sp³-hybridized carbons (Fsp3) is 0.400. The molecule has 0 saturated carbocycles. The van der Waals surface area contributed by atoms with E-state index in [2.05, 4.69) is 31.1 Å². The van der Waals surface area contributed by atoms with Gasteiger partial charge >= 0.3 is 0 Å². The topological polar surface area (TPSA) is 45.1 Å². The highest BCUT2D eigenvalue weighted by Gasteiger charge is 2.15. The summed E-state index contributed by atoms with van der Waals surface area (Å²) in [4.78, 5) is 4.36. The van der Waals surface area contributed by atoms with E-state index in [1.54, 1.807) is 6.20 Å². The Kier molecular flexibility index (Phi) is 3.64. The van der Waals surface area contributed by atoms with Gasteiger partial charge in [-0.15, -0.1) is 0 Å². The Hall–Kier alpha value is -1.45. The van der Waals surface area contributed by atoms with E-state index < -0.39 is 6.10 Å². The summed E-state index contributed by atoms with van der Waals surface area (Å²) in [6, 6.07) is 9.82. The molecule has 0 saturated heterocycles. The molecule has 1 atom stereocenters. The zero-order valence-corrected chi connectivity index (χ0v) is 11.1. The molecule has 2 N–H and O–H groups in total. The van der Waals surface area contributed by atoms with Crippen LogP contribution in [0.25, 0.3) is 10.9 Å². The lowest BCUT2D eigenvalue weighted by Crippen LogP contribution is -2.38. The lowest BCUT2D eigenvalue weighted by molar-refractivity contribution is 0.164. The summed E-state index contributed by atoms with van der Waals surface area (Å²) in [5, 5.41) is 14.6. The van der Waals surface area contributed by atoms with Crippen molar-refractivity contribution < 1.29 is 5.11 Å². The molecule has 2 rings (SSSR count). The molecule has 1 aromatic heterocycles. The summed E-state index contributed by atoms with van der Waals surface area (Å²) in [6.45, 7) is 6.78. The summed E-state index contributed by atoms with van der Waals surface area (Å²) < 4.78 is 0. The molecular formula is C15H20N2O. The molecule has 0 fully saturated rings. The maximum absolute atomic E-state index is 10.3. The van der Waals surface area contributed by atoms with Crippen molar-refractivity contribution in [2.45, 2.75) is 32.4 Å². The number of fused-ring (bicyclic) bond motifs is 1. The minimum Gasteiger partial charge on any atom is -0.387 e. The maximum atomic E-state index is 10.3. The third-order valence-electron chi connectivity index (χ3n) is 2.85. The Bertz CT molecular complexity index is 526. The highest BCUT2D eigenvalue weighted by atomic mass is 16.3. The first-order chi connectivity index (χ1) is 8.47. The van der Waals surface area contributed by atoms with Crippen LogP contribution in [0.5, 0.6) is 0 Å². The summed E-state index contributed by atoms with van der Waals surface area (Å²) in [5.41, 5.74) is 1.76. The van der Waals surface area contributed by atoms with Crippen molar-refractivity contribution in [3.63, 3.8) is 0 Å². The Morgan fingerprint density at radius 3 is 2.67 bits per heavy atom. The number of para-hydroxylation sites is 1. The molecule has 0 radical (unpaired) electrons. The molecule has 3 nitrogen and oxygen atoms in total. The Labute approximate surface area is 108 Å². The van der Waals surface area contributed by atoms with Crippen LogP contribution in [0, 0.1) is 0 Å². The standard InChI is InChI=1S/C15H20N2O/c1-15(2,3)17-10-13(18)12-8-4-6-11-7-5-9-16-14(11)12/h4-9,13,17-18H,10H2,1-3H3. The van der Waals surface area contributed by atoms with Crippen LogP contribution in [-0.2, 0) is 0 Å². The zero-order chi connectivity index (χ0) is 13.2. The highest BCUT2D eigenvalue weighted by Crippen LogP contribution is 2.22. The second-order valence-electron chi connectivity index (χ2n) is 5.57. The number of hydrogen-bond acceptors (Lipinski definition) is 3. The summed E-state index contributed by atoms with van der Waals surface area (Å²) in [6.07, 6.45) is 1.22. The number of aliphatic hydroxyl groups excluding tert-OH is 1. The summed E-state index contributed by atoms with van der Waals surface area (Å²) >= 11 is 0. The summed E-state index contributed by atoms with van der Waals surface area (Å²) in [7, 11) is 0. The first-order valence-electron chi connectivity index (χ1n) is 6.24. The van der Waals surface area contributed by atoms with Gasteiger partial charge in [-0.3, -0.25) is 4.98 Å². The van der Waals surface area contributed by atoms with Crippen LogP contribution in [0.1, 0.15) is 32.4 Å². The van der Waals surface area contributed by atoms with E-state index in [1.807, 2.05) is 30.3 Å². The van der Waals surface area contributed by atoms with Gasteiger partial charge in [0.25, 0.3) is 0 Å². The van der Waals surface area contributed by atoms with E-state index in [-0.39, 0.29) is 5.54 Å². The van der Waals surface area contributed by atoms with Crippen LogP contribution < -0.4 is 5.32 Å². The number of hydrogen-bond donors (Lipinski definition) is 2. The van der Waals surface area contributed by atoms with Crippen LogP contribution in [0.4, 0.5) is 0 Å². The lowest BCUT2D eigenvalue weighted by Gasteiger charge is -2.23. The molecule has 96 valence electrons. The number of pyridine rings is 1. The van der Waals surface area contributed by atoms with E-state index in [4.69, 9.17) is 0 Å². The number of nitrogens with one attached hydrogen (secondary N) is 1. The smallest absolute Gasteiger partial charge is 0.0935 e. The Balaban J connectivity index is 2.25. The van der Waals surface area contributed by atoms with Crippen LogP contribution in [-0.4, -0.2) is 22.2 Å². The van der Waals surface area contributed by atoms with Crippen LogP contribution in [0.2, 0.25) is 0 Å². The SMILES string of the molecule is CC(C)(C)NCC(O)c1cccc2cccnc12. The van der Waals surface area contributed by atoms with E-state index >= 15 is 0 Å². The highest BCUT2D eigenvalue weighted by molar-refractivity contribution is 5.81. The molecule has 1 heterocycles. The Morgan fingerprint density at radius 2 is 1.94 bits per heavy atom. The van der Waals surface area contributed by atoms with E-state index in [0.717, 1.165) is 16.5 Å². The van der Waals surface area contributed by atoms with Crippen molar-refractivity contribution in [2.75, 3.05) is 6.54 Å². The van der Waals surface area contributed by atoms with Crippen molar-refractivity contribution in [3.8, 4) is 0 Å². The van der Waals surface area contributed by atoms with Gasteiger partial charge in [0.2, 0.25) is 0 Å². The summed E-state index contributed by atoms with van der Waals surface area (Å²) in [5.74, 6) is 0. The number of rotatable bonds is 3. The van der Waals surface area contributed by atoms with E-state index in [0.29, 0.717) is 6.54 Å². The van der Waals surface area contributed by atoms with Gasteiger partial charge in [0, 0.05) is 29.2 Å². The van der Waals surface area contributed by atoms with Crippen molar-refractivity contribution in [1.29, 1.82) is 0 Å². The fourth-order valence-electron chi connectivity index (χ4n) is 1.91. The second-order valence-corrected chi connectivity index (χ2v) is 5.57. The van der Waals surface area contributed by atoms with Crippen molar-refractivity contribution in [3.05, 3.63) is 42.1 Å². The van der Waals surface area contributed by atoms with Gasteiger partial charge in [0.05, 0.1) is 11.6 Å². The molecule has 0 bridgehead atoms. The van der Waals surface area contributed by atoms with Gasteiger partial charge in [-0.2, -0.15) is 0 Å². The number of nitrogens with zero attached hydrogens (tertiary/aromatic N) is 1. The van der Waals surface area contributed by atoms with Crippen molar-refractivity contribution in [1.82, 2.24) is 10.3 Å². The van der Waals surface area contributed by atoms with Crippen molar-refractivity contribution >= 4 is 10.9 Å². The first kappa shape index (κ1) is 13.0. The molecule has 0 aliphatic heterocycles. The number of aromatic nitrogens is 1. The molecule has 1 unspecified atom stereocenters. The Morgan fingerprint density at radius 1 is 1.22 bits per heavy atom. The minimum absolute atomic E-state index is 0.001000. The minimum atomic E-state index is -0.539. The van der Waals surface area contributed by atoms with Gasteiger partial charge in [-0.1, -0.05) is 24.3 Å². The van der Waals surface area contributed by atoms with Gasteiger partial charge < -0.3 is 10.4 Å². The third kappa shape index (κ3) is 3.06. The zero-order valence-electron chi connectivity index (χ0n) is 11.1. The fourth-order valence-corrected chi connectivity index (χ4v) is 1.91. The molecule has 3 heteroatoms. The first-order valence-corrected chi connectivity index (χ1v) is 6.24. The molecule has 0 aliphatic carbocycles. The van der Waals surface area contributed by atoms with Crippen molar-refractivity contribution in [2.24, 2.45) is 0 Å². The van der Waals surface area contributed by atoms with Crippen LogP contribution in [0.3, 0.4) is 0 Å². The van der Waals surface area contributed by atoms with Gasteiger partial charge in [-0.25, -0.2) is 0 Å². The van der Waals surface area contributed by atoms with E-state index in [9.17, 15) is 5.11 Å². The average molecular weight is 244 g/mol. The number of β-amino-alcohol motifs (C(OH)–C–C–N with tert-alkyl or cyclic N) is 1. The number of aliphatic hydroxyl groups is 1.